The van der Waals surface area contributed by atoms with Crippen molar-refractivity contribution in [1.82, 2.24) is 0 Å². The summed E-state index contributed by atoms with van der Waals surface area (Å²) >= 11 is 1.39. The van der Waals surface area contributed by atoms with Crippen LogP contribution in [0.25, 0.3) is 0 Å². The second-order valence-electron chi connectivity index (χ2n) is 4.59. The van der Waals surface area contributed by atoms with Crippen molar-refractivity contribution in [2.45, 2.75) is 13.8 Å². The summed E-state index contributed by atoms with van der Waals surface area (Å²) in [6, 6.07) is 7.21. The van der Waals surface area contributed by atoms with Gasteiger partial charge in [-0.15, -0.1) is 11.3 Å². The first-order chi connectivity index (χ1) is 10.5. The molecule has 6 heteroatoms. The lowest BCUT2D eigenvalue weighted by Gasteiger charge is -2.12. The average molecular weight is 316 g/mol. The van der Waals surface area contributed by atoms with Gasteiger partial charge in [0.15, 0.2) is 11.5 Å². The van der Waals surface area contributed by atoms with E-state index in [1.165, 1.54) is 25.6 Å². The quantitative estimate of drug-likeness (QED) is 0.937. The van der Waals surface area contributed by atoms with E-state index in [-0.39, 0.29) is 5.91 Å². The third-order valence-corrected chi connectivity index (χ3v) is 4.49. The molecule has 0 saturated carbocycles. The average Bonchev–Trinajstić information content (AvgIpc) is 2.79. The van der Waals surface area contributed by atoms with Gasteiger partial charge >= 0.3 is 0 Å². The minimum atomic E-state index is -0.339. The Labute approximate surface area is 133 Å². The van der Waals surface area contributed by atoms with Crippen LogP contribution in [-0.4, -0.2) is 20.1 Å². The van der Waals surface area contributed by atoms with Crippen LogP contribution in [0, 0.1) is 25.2 Å². The zero-order valence-corrected chi connectivity index (χ0v) is 13.6. The SMILES string of the molecule is COc1cccc(C(=O)Nc2sc(C)c(C)c2C#N)c1OC. The van der Waals surface area contributed by atoms with E-state index in [9.17, 15) is 10.1 Å². The molecule has 114 valence electrons. The molecule has 0 radical (unpaired) electrons. The van der Waals surface area contributed by atoms with Crippen molar-refractivity contribution in [3.05, 3.63) is 39.8 Å². The van der Waals surface area contributed by atoms with Gasteiger partial charge in [0, 0.05) is 4.88 Å². The largest absolute Gasteiger partial charge is 0.493 e. The number of aryl methyl sites for hydroxylation is 1. The molecule has 2 aromatic rings. The number of para-hydroxylation sites is 1. The van der Waals surface area contributed by atoms with Gasteiger partial charge in [0.25, 0.3) is 5.91 Å². The van der Waals surface area contributed by atoms with Gasteiger partial charge in [0.1, 0.15) is 11.1 Å². The monoisotopic (exact) mass is 316 g/mol. The van der Waals surface area contributed by atoms with Crippen molar-refractivity contribution in [1.29, 1.82) is 5.26 Å². The number of carbonyl (C=O) groups excluding carboxylic acids is 1. The van der Waals surface area contributed by atoms with Crippen molar-refractivity contribution in [2.75, 3.05) is 19.5 Å². The number of amides is 1. The maximum Gasteiger partial charge on any atom is 0.260 e. The summed E-state index contributed by atoms with van der Waals surface area (Å²) in [5, 5.41) is 12.6. The zero-order chi connectivity index (χ0) is 16.3. The summed E-state index contributed by atoms with van der Waals surface area (Å²) in [7, 11) is 2.99. The highest BCUT2D eigenvalue weighted by Crippen LogP contribution is 2.34. The fourth-order valence-electron chi connectivity index (χ4n) is 2.09. The minimum absolute atomic E-state index is 0.339. The van der Waals surface area contributed by atoms with Gasteiger partial charge in [-0.05, 0) is 31.5 Å². The summed E-state index contributed by atoms with van der Waals surface area (Å²) in [4.78, 5) is 13.5. The lowest BCUT2D eigenvalue weighted by Crippen LogP contribution is -2.13. The van der Waals surface area contributed by atoms with Crippen molar-refractivity contribution in [2.24, 2.45) is 0 Å². The van der Waals surface area contributed by atoms with Crippen LogP contribution in [0.5, 0.6) is 11.5 Å². The predicted octanol–water partition coefficient (Wildman–Crippen LogP) is 3.51. The second-order valence-corrected chi connectivity index (χ2v) is 5.82. The predicted molar refractivity (Wildman–Crippen MR) is 86.0 cm³/mol. The van der Waals surface area contributed by atoms with Gasteiger partial charge in [-0.3, -0.25) is 4.79 Å². The Morgan fingerprint density at radius 1 is 1.27 bits per heavy atom. The maximum atomic E-state index is 12.5. The number of ether oxygens (including phenoxy) is 2. The molecule has 0 aliphatic heterocycles. The molecule has 5 nitrogen and oxygen atoms in total. The lowest BCUT2D eigenvalue weighted by atomic mass is 10.1. The van der Waals surface area contributed by atoms with Crippen LogP contribution >= 0.6 is 11.3 Å². The number of thiophene rings is 1. The number of anilines is 1. The molecule has 0 atom stereocenters. The molecule has 2 rings (SSSR count). The number of nitrogens with zero attached hydrogens (tertiary/aromatic N) is 1. The molecule has 0 spiro atoms. The molecule has 0 aliphatic rings. The zero-order valence-electron chi connectivity index (χ0n) is 12.8. The third kappa shape index (κ3) is 2.76. The number of hydrogen-bond acceptors (Lipinski definition) is 5. The minimum Gasteiger partial charge on any atom is -0.493 e. The Hall–Kier alpha value is -2.52. The molecule has 22 heavy (non-hydrogen) atoms. The van der Waals surface area contributed by atoms with Crippen LogP contribution < -0.4 is 14.8 Å². The Morgan fingerprint density at radius 2 is 2.00 bits per heavy atom. The molecule has 0 fully saturated rings. The number of hydrogen-bond donors (Lipinski definition) is 1. The molecule has 0 aliphatic carbocycles. The van der Waals surface area contributed by atoms with E-state index in [0.29, 0.717) is 27.6 Å². The van der Waals surface area contributed by atoms with E-state index in [1.807, 2.05) is 13.8 Å². The number of carbonyl (C=O) groups is 1. The van der Waals surface area contributed by atoms with Gasteiger partial charge in [-0.25, -0.2) is 0 Å². The van der Waals surface area contributed by atoms with E-state index >= 15 is 0 Å². The summed E-state index contributed by atoms with van der Waals surface area (Å²) in [6.45, 7) is 3.79. The molecule has 1 aromatic heterocycles. The number of methoxy groups -OCH3 is 2. The fraction of sp³-hybridized carbons (Fsp3) is 0.250. The van der Waals surface area contributed by atoms with Crippen molar-refractivity contribution in [3.63, 3.8) is 0 Å². The molecular formula is C16H16N2O3S. The first kappa shape index (κ1) is 15.9. The summed E-state index contributed by atoms with van der Waals surface area (Å²) in [6.07, 6.45) is 0. The molecule has 1 amide bonds. The molecule has 0 bridgehead atoms. The highest BCUT2D eigenvalue weighted by atomic mass is 32.1. The highest BCUT2D eigenvalue weighted by molar-refractivity contribution is 7.16. The van der Waals surface area contributed by atoms with Crippen molar-refractivity contribution < 1.29 is 14.3 Å². The molecule has 1 heterocycles. The number of rotatable bonds is 4. The van der Waals surface area contributed by atoms with E-state index in [4.69, 9.17) is 9.47 Å². The van der Waals surface area contributed by atoms with E-state index < -0.39 is 0 Å². The van der Waals surface area contributed by atoms with Gasteiger partial charge in [0.05, 0.1) is 25.3 Å². The van der Waals surface area contributed by atoms with Crippen LogP contribution in [0.2, 0.25) is 0 Å². The summed E-state index contributed by atoms with van der Waals surface area (Å²) in [5.41, 5.74) is 1.74. The third-order valence-electron chi connectivity index (χ3n) is 3.37. The first-order valence-electron chi connectivity index (χ1n) is 6.55. The summed E-state index contributed by atoms with van der Waals surface area (Å²) < 4.78 is 10.5. The molecular weight excluding hydrogens is 300 g/mol. The highest BCUT2D eigenvalue weighted by Gasteiger charge is 2.19. The molecule has 0 unspecified atom stereocenters. The van der Waals surface area contributed by atoms with Crippen LogP contribution in [0.3, 0.4) is 0 Å². The van der Waals surface area contributed by atoms with Gasteiger partial charge in [0.2, 0.25) is 0 Å². The molecule has 0 saturated heterocycles. The number of nitrogens with one attached hydrogen (secondary N) is 1. The van der Waals surface area contributed by atoms with E-state index in [2.05, 4.69) is 11.4 Å². The van der Waals surface area contributed by atoms with Crippen LogP contribution in [0.4, 0.5) is 5.00 Å². The number of benzene rings is 1. The smallest absolute Gasteiger partial charge is 0.260 e. The molecule has 1 aromatic carbocycles. The Kier molecular flexibility index (Phi) is 4.68. The fourth-order valence-corrected chi connectivity index (χ4v) is 3.09. The standard InChI is InChI=1S/C16H16N2O3S/c1-9-10(2)22-16(12(9)8-17)18-15(19)11-6-5-7-13(20-3)14(11)21-4/h5-7H,1-4H3,(H,18,19). The van der Waals surface area contributed by atoms with Crippen LogP contribution in [-0.2, 0) is 0 Å². The van der Waals surface area contributed by atoms with Crippen molar-refractivity contribution in [3.8, 4) is 17.6 Å². The Balaban J connectivity index is 2.39. The lowest BCUT2D eigenvalue weighted by molar-refractivity contribution is 0.102. The Bertz CT molecular complexity index is 759. The van der Waals surface area contributed by atoms with Crippen LogP contribution in [0.15, 0.2) is 18.2 Å². The van der Waals surface area contributed by atoms with Crippen molar-refractivity contribution >= 4 is 22.2 Å². The second kappa shape index (κ2) is 6.50. The number of nitriles is 1. The normalized spacial score (nSPS) is 9.95. The first-order valence-corrected chi connectivity index (χ1v) is 7.37. The topological polar surface area (TPSA) is 71.3 Å². The maximum absolute atomic E-state index is 12.5. The van der Waals surface area contributed by atoms with Gasteiger partial charge < -0.3 is 14.8 Å². The molecule has 1 N–H and O–H groups in total. The van der Waals surface area contributed by atoms with E-state index in [0.717, 1.165) is 10.4 Å². The van der Waals surface area contributed by atoms with Gasteiger partial charge in [-0.2, -0.15) is 5.26 Å². The van der Waals surface area contributed by atoms with Gasteiger partial charge in [-0.1, -0.05) is 6.07 Å². The van der Waals surface area contributed by atoms with Crippen LogP contribution in [0.1, 0.15) is 26.4 Å². The van der Waals surface area contributed by atoms with E-state index in [1.54, 1.807) is 18.2 Å². The Morgan fingerprint density at radius 3 is 2.59 bits per heavy atom. The summed E-state index contributed by atoms with van der Waals surface area (Å²) in [5.74, 6) is 0.508.